The molecular formula is C19H32N2. The predicted octanol–water partition coefficient (Wildman–Crippen LogP) is 4.93. The zero-order valence-corrected chi connectivity index (χ0v) is 14.6. The van der Waals surface area contributed by atoms with Gasteiger partial charge in [-0.1, -0.05) is 27.2 Å². The van der Waals surface area contributed by atoms with Crippen LogP contribution in [0.25, 0.3) is 0 Å². The van der Waals surface area contributed by atoms with Crippen LogP contribution in [0.5, 0.6) is 0 Å². The van der Waals surface area contributed by atoms with Crippen molar-refractivity contribution in [3.63, 3.8) is 0 Å². The SMILES string of the molecule is Cc1cc(N(C)C)ccc1NC1CC(C)CCC1C(C)C. The average molecular weight is 288 g/mol. The number of rotatable bonds is 4. The van der Waals surface area contributed by atoms with Crippen LogP contribution in [0.2, 0.25) is 0 Å². The van der Waals surface area contributed by atoms with Crippen LogP contribution in [-0.4, -0.2) is 20.1 Å². The van der Waals surface area contributed by atoms with E-state index in [1.165, 1.54) is 36.2 Å². The topological polar surface area (TPSA) is 15.3 Å². The molecule has 118 valence electrons. The van der Waals surface area contributed by atoms with E-state index in [9.17, 15) is 0 Å². The van der Waals surface area contributed by atoms with Gasteiger partial charge in [-0.15, -0.1) is 0 Å². The van der Waals surface area contributed by atoms with E-state index in [-0.39, 0.29) is 0 Å². The summed E-state index contributed by atoms with van der Waals surface area (Å²) in [5.41, 5.74) is 3.93. The van der Waals surface area contributed by atoms with Gasteiger partial charge in [0.2, 0.25) is 0 Å². The Hall–Kier alpha value is -1.18. The normalized spacial score (nSPS) is 26.0. The second-order valence-electron chi connectivity index (χ2n) is 7.47. The summed E-state index contributed by atoms with van der Waals surface area (Å²) in [6.45, 7) is 9.36. The lowest BCUT2D eigenvalue weighted by molar-refractivity contribution is 0.212. The summed E-state index contributed by atoms with van der Waals surface area (Å²) in [4.78, 5) is 2.16. The van der Waals surface area contributed by atoms with Crippen molar-refractivity contribution in [2.45, 2.75) is 53.0 Å². The molecule has 1 aliphatic rings. The Morgan fingerprint density at radius 3 is 2.48 bits per heavy atom. The highest BCUT2D eigenvalue weighted by atomic mass is 15.1. The molecule has 0 aromatic heterocycles. The van der Waals surface area contributed by atoms with Crippen molar-refractivity contribution in [3.8, 4) is 0 Å². The zero-order valence-electron chi connectivity index (χ0n) is 14.6. The maximum Gasteiger partial charge on any atom is 0.0373 e. The molecule has 2 rings (SSSR count). The van der Waals surface area contributed by atoms with Crippen molar-refractivity contribution in [3.05, 3.63) is 23.8 Å². The van der Waals surface area contributed by atoms with Crippen LogP contribution in [0.1, 0.15) is 45.6 Å². The Labute approximate surface area is 130 Å². The lowest BCUT2D eigenvalue weighted by atomic mass is 9.74. The van der Waals surface area contributed by atoms with E-state index < -0.39 is 0 Å². The summed E-state index contributed by atoms with van der Waals surface area (Å²) in [6.07, 6.45) is 4.06. The fourth-order valence-electron chi connectivity index (χ4n) is 3.66. The molecule has 0 bridgehead atoms. The molecule has 0 saturated heterocycles. The molecule has 3 atom stereocenters. The lowest BCUT2D eigenvalue weighted by Crippen LogP contribution is -2.38. The minimum atomic E-state index is 0.623. The first-order chi connectivity index (χ1) is 9.88. The van der Waals surface area contributed by atoms with Crippen molar-refractivity contribution < 1.29 is 0 Å². The van der Waals surface area contributed by atoms with Gasteiger partial charge in [-0.25, -0.2) is 0 Å². The standard InChI is InChI=1S/C19H32N2/c1-13(2)17-9-7-14(3)11-19(17)20-18-10-8-16(21(5)6)12-15(18)4/h8,10,12-14,17,19-20H,7,9,11H2,1-6H3. The van der Waals surface area contributed by atoms with E-state index in [0.717, 1.165) is 17.8 Å². The van der Waals surface area contributed by atoms with Crippen LogP contribution in [0.15, 0.2) is 18.2 Å². The number of nitrogens with one attached hydrogen (secondary N) is 1. The molecule has 1 N–H and O–H groups in total. The second-order valence-corrected chi connectivity index (χ2v) is 7.47. The minimum absolute atomic E-state index is 0.623. The van der Waals surface area contributed by atoms with Crippen LogP contribution in [0.3, 0.4) is 0 Å². The van der Waals surface area contributed by atoms with Gasteiger partial charge in [0.25, 0.3) is 0 Å². The molecule has 0 spiro atoms. The van der Waals surface area contributed by atoms with Gasteiger partial charge in [0.1, 0.15) is 0 Å². The highest BCUT2D eigenvalue weighted by Crippen LogP contribution is 2.36. The Kier molecular flexibility index (Phi) is 5.18. The van der Waals surface area contributed by atoms with Crippen LogP contribution in [0, 0.1) is 24.7 Å². The highest BCUT2D eigenvalue weighted by Gasteiger charge is 2.30. The molecule has 2 heteroatoms. The van der Waals surface area contributed by atoms with E-state index in [1.807, 2.05) is 0 Å². The van der Waals surface area contributed by atoms with Gasteiger partial charge < -0.3 is 10.2 Å². The molecule has 1 aliphatic carbocycles. The van der Waals surface area contributed by atoms with Crippen molar-refractivity contribution >= 4 is 11.4 Å². The monoisotopic (exact) mass is 288 g/mol. The molecule has 1 fully saturated rings. The molecule has 1 aromatic carbocycles. The Bertz CT molecular complexity index is 465. The first-order valence-electron chi connectivity index (χ1n) is 8.43. The molecular weight excluding hydrogens is 256 g/mol. The van der Waals surface area contributed by atoms with Crippen LogP contribution < -0.4 is 10.2 Å². The summed E-state index contributed by atoms with van der Waals surface area (Å²) in [5, 5.41) is 3.86. The third kappa shape index (κ3) is 3.93. The highest BCUT2D eigenvalue weighted by molar-refractivity contribution is 5.60. The van der Waals surface area contributed by atoms with Gasteiger partial charge in [-0.05, 0) is 61.3 Å². The van der Waals surface area contributed by atoms with E-state index in [2.05, 4.69) is 70.2 Å². The molecule has 0 aliphatic heterocycles. The first kappa shape index (κ1) is 16.2. The number of anilines is 2. The molecule has 3 unspecified atom stereocenters. The number of hydrogen-bond acceptors (Lipinski definition) is 2. The molecule has 1 aromatic rings. The third-order valence-electron chi connectivity index (χ3n) is 5.09. The van der Waals surface area contributed by atoms with Gasteiger partial charge in [0, 0.05) is 31.5 Å². The van der Waals surface area contributed by atoms with Gasteiger partial charge in [0.15, 0.2) is 0 Å². The minimum Gasteiger partial charge on any atom is -0.382 e. The number of hydrogen-bond donors (Lipinski definition) is 1. The maximum atomic E-state index is 3.86. The Balaban J connectivity index is 2.15. The fraction of sp³-hybridized carbons (Fsp3) is 0.684. The van der Waals surface area contributed by atoms with Gasteiger partial charge >= 0.3 is 0 Å². The quantitative estimate of drug-likeness (QED) is 0.844. The average Bonchev–Trinajstić information content (AvgIpc) is 2.40. The molecule has 2 nitrogen and oxygen atoms in total. The largest absolute Gasteiger partial charge is 0.382 e. The summed E-state index contributed by atoms with van der Waals surface area (Å²) in [7, 11) is 4.19. The number of aryl methyl sites for hydroxylation is 1. The van der Waals surface area contributed by atoms with Crippen LogP contribution >= 0.6 is 0 Å². The Morgan fingerprint density at radius 1 is 1.19 bits per heavy atom. The second kappa shape index (κ2) is 6.72. The smallest absolute Gasteiger partial charge is 0.0373 e. The fourth-order valence-corrected chi connectivity index (χ4v) is 3.66. The summed E-state index contributed by atoms with van der Waals surface area (Å²) < 4.78 is 0. The zero-order chi connectivity index (χ0) is 15.6. The van der Waals surface area contributed by atoms with E-state index >= 15 is 0 Å². The van der Waals surface area contributed by atoms with Crippen molar-refractivity contribution in [2.75, 3.05) is 24.3 Å². The lowest BCUT2D eigenvalue weighted by Gasteiger charge is -2.38. The molecule has 1 saturated carbocycles. The summed E-state index contributed by atoms with van der Waals surface area (Å²) in [5.74, 6) is 2.41. The van der Waals surface area contributed by atoms with Gasteiger partial charge in [0.05, 0.1) is 0 Å². The van der Waals surface area contributed by atoms with Crippen LogP contribution in [0.4, 0.5) is 11.4 Å². The van der Waals surface area contributed by atoms with E-state index in [1.54, 1.807) is 0 Å². The molecule has 21 heavy (non-hydrogen) atoms. The molecule has 0 heterocycles. The van der Waals surface area contributed by atoms with Crippen LogP contribution in [-0.2, 0) is 0 Å². The number of nitrogens with zero attached hydrogens (tertiary/aromatic N) is 1. The molecule has 0 radical (unpaired) electrons. The maximum absolute atomic E-state index is 3.86. The van der Waals surface area contributed by atoms with Crippen molar-refractivity contribution in [1.29, 1.82) is 0 Å². The summed E-state index contributed by atoms with van der Waals surface area (Å²) >= 11 is 0. The van der Waals surface area contributed by atoms with Gasteiger partial charge in [-0.2, -0.15) is 0 Å². The van der Waals surface area contributed by atoms with E-state index in [0.29, 0.717) is 6.04 Å². The Morgan fingerprint density at radius 2 is 1.90 bits per heavy atom. The van der Waals surface area contributed by atoms with Gasteiger partial charge in [-0.3, -0.25) is 0 Å². The third-order valence-corrected chi connectivity index (χ3v) is 5.09. The first-order valence-corrected chi connectivity index (χ1v) is 8.43. The van der Waals surface area contributed by atoms with E-state index in [4.69, 9.17) is 0 Å². The predicted molar refractivity (Wildman–Crippen MR) is 94.3 cm³/mol. The molecule has 0 amide bonds. The number of benzene rings is 1. The van der Waals surface area contributed by atoms with Crippen molar-refractivity contribution in [1.82, 2.24) is 0 Å². The summed E-state index contributed by atoms with van der Waals surface area (Å²) in [6, 6.07) is 7.37. The van der Waals surface area contributed by atoms with Crippen molar-refractivity contribution in [2.24, 2.45) is 17.8 Å².